The quantitative estimate of drug-likeness (QED) is 0.278. The van der Waals surface area contributed by atoms with E-state index in [-0.39, 0.29) is 5.92 Å². The fraction of sp³-hybridized carbons (Fsp3) is 0.129. The Morgan fingerprint density at radius 3 is 2.00 bits per heavy atom. The first kappa shape index (κ1) is 21.6. The van der Waals surface area contributed by atoms with Gasteiger partial charge in [-0.15, -0.1) is 0 Å². The van der Waals surface area contributed by atoms with Crippen LogP contribution in [0.1, 0.15) is 29.0 Å². The predicted molar refractivity (Wildman–Crippen MR) is 136 cm³/mol. The summed E-state index contributed by atoms with van der Waals surface area (Å²) in [5, 5.41) is 2.81. The van der Waals surface area contributed by atoms with Gasteiger partial charge in [0.05, 0.1) is 0 Å². The molecular formula is C31H25NO2. The smallest absolute Gasteiger partial charge is 0.407 e. The number of hydrogen-bond acceptors (Lipinski definition) is 2. The highest BCUT2D eigenvalue weighted by Crippen LogP contribution is 2.44. The number of nitrogens with one attached hydrogen (secondary N) is 1. The minimum absolute atomic E-state index is 0.0665. The molecule has 0 unspecified atom stereocenters. The maximum absolute atomic E-state index is 12.2. The van der Waals surface area contributed by atoms with E-state index in [2.05, 4.69) is 65.7 Å². The number of ether oxygens (including phenoxy) is 1. The van der Waals surface area contributed by atoms with E-state index in [1.54, 1.807) is 0 Å². The summed E-state index contributed by atoms with van der Waals surface area (Å²) < 4.78 is 5.56. The molecule has 5 rings (SSSR count). The molecule has 1 aliphatic carbocycles. The van der Waals surface area contributed by atoms with E-state index in [9.17, 15) is 4.79 Å². The fourth-order valence-corrected chi connectivity index (χ4v) is 4.42. The van der Waals surface area contributed by atoms with E-state index in [0.717, 1.165) is 5.56 Å². The molecule has 4 aromatic carbocycles. The van der Waals surface area contributed by atoms with Crippen LogP contribution < -0.4 is 5.32 Å². The predicted octanol–water partition coefficient (Wildman–Crippen LogP) is 6.63. The van der Waals surface area contributed by atoms with Crippen LogP contribution in [0.2, 0.25) is 0 Å². The molecule has 0 fully saturated rings. The van der Waals surface area contributed by atoms with Crippen LogP contribution in [0, 0.1) is 11.8 Å². The molecule has 0 radical (unpaired) electrons. The van der Waals surface area contributed by atoms with Gasteiger partial charge in [-0.25, -0.2) is 4.79 Å². The van der Waals surface area contributed by atoms with Crippen molar-refractivity contribution >= 4 is 6.09 Å². The molecule has 0 saturated heterocycles. The molecule has 0 spiro atoms. The number of benzene rings is 4. The third kappa shape index (κ3) is 4.72. The van der Waals surface area contributed by atoms with Crippen molar-refractivity contribution in [3.8, 4) is 34.1 Å². The molecule has 0 aliphatic heterocycles. The van der Waals surface area contributed by atoms with Gasteiger partial charge in [0.15, 0.2) is 0 Å². The largest absolute Gasteiger partial charge is 0.449 e. The van der Waals surface area contributed by atoms with Gasteiger partial charge >= 0.3 is 6.09 Å². The van der Waals surface area contributed by atoms with Crippen molar-refractivity contribution in [3.63, 3.8) is 0 Å². The van der Waals surface area contributed by atoms with Crippen LogP contribution >= 0.6 is 0 Å². The molecule has 0 aromatic heterocycles. The van der Waals surface area contributed by atoms with E-state index >= 15 is 0 Å². The summed E-state index contributed by atoms with van der Waals surface area (Å²) in [7, 11) is 0. The topological polar surface area (TPSA) is 38.3 Å². The first-order valence-electron chi connectivity index (χ1n) is 11.5. The number of carbonyl (C=O) groups excluding carboxylic acids is 1. The molecule has 0 atom stereocenters. The van der Waals surface area contributed by atoms with E-state index in [0.29, 0.717) is 19.6 Å². The Morgan fingerprint density at radius 1 is 0.735 bits per heavy atom. The summed E-state index contributed by atoms with van der Waals surface area (Å²) in [5.41, 5.74) is 8.18. The van der Waals surface area contributed by atoms with Gasteiger partial charge < -0.3 is 10.1 Å². The van der Waals surface area contributed by atoms with Gasteiger partial charge in [-0.05, 0) is 45.5 Å². The Morgan fingerprint density at radius 2 is 1.32 bits per heavy atom. The molecule has 3 nitrogen and oxygen atoms in total. The van der Waals surface area contributed by atoms with Gasteiger partial charge in [-0.1, -0.05) is 103 Å². The van der Waals surface area contributed by atoms with Crippen LogP contribution in [0.5, 0.6) is 0 Å². The van der Waals surface area contributed by atoms with E-state index in [1.807, 2.05) is 54.6 Å². The van der Waals surface area contributed by atoms with E-state index < -0.39 is 6.09 Å². The molecule has 0 saturated carbocycles. The van der Waals surface area contributed by atoms with Crippen LogP contribution in [-0.4, -0.2) is 19.2 Å². The Balaban J connectivity index is 1.10. The molecule has 166 valence electrons. The monoisotopic (exact) mass is 443 g/mol. The van der Waals surface area contributed by atoms with Crippen molar-refractivity contribution in [1.29, 1.82) is 0 Å². The van der Waals surface area contributed by atoms with Gasteiger partial charge in [-0.2, -0.15) is 0 Å². The highest BCUT2D eigenvalue weighted by Gasteiger charge is 2.28. The highest BCUT2D eigenvalue weighted by molar-refractivity contribution is 5.79. The lowest BCUT2D eigenvalue weighted by Crippen LogP contribution is -2.26. The zero-order valence-electron chi connectivity index (χ0n) is 18.8. The van der Waals surface area contributed by atoms with Crippen LogP contribution in [0.3, 0.4) is 0 Å². The Kier molecular flexibility index (Phi) is 6.40. The SMILES string of the molecule is O=C(NCCC#Cc1ccc(-c2ccccc2)cc1)OCC1c2ccccc2-c2ccccc21. The number of alkyl carbamates (subject to hydrolysis) is 1. The van der Waals surface area contributed by atoms with Crippen LogP contribution in [0.15, 0.2) is 103 Å². The maximum Gasteiger partial charge on any atom is 0.407 e. The Labute approximate surface area is 200 Å². The fourth-order valence-electron chi connectivity index (χ4n) is 4.42. The minimum atomic E-state index is -0.407. The second-order valence-corrected chi connectivity index (χ2v) is 8.25. The second-order valence-electron chi connectivity index (χ2n) is 8.25. The molecule has 1 N–H and O–H groups in total. The van der Waals surface area contributed by atoms with Crippen LogP contribution in [0.4, 0.5) is 4.79 Å². The summed E-state index contributed by atoms with van der Waals surface area (Å²) in [6, 6.07) is 35.1. The standard InChI is InChI=1S/C31H25NO2/c33-31(34-22-30-28-15-6-4-13-26(28)27-14-5-7-16-29(27)30)32-21-9-8-10-23-17-19-25(20-18-23)24-11-2-1-3-12-24/h1-7,11-20,30H,9,21-22H2,(H,32,33). The molecule has 1 amide bonds. The number of amides is 1. The zero-order chi connectivity index (χ0) is 23.2. The normalized spacial score (nSPS) is 11.6. The second kappa shape index (κ2) is 10.1. The summed E-state index contributed by atoms with van der Waals surface area (Å²) >= 11 is 0. The third-order valence-electron chi connectivity index (χ3n) is 6.09. The lowest BCUT2D eigenvalue weighted by molar-refractivity contribution is 0.143. The molecular weight excluding hydrogens is 418 g/mol. The van der Waals surface area contributed by atoms with Gasteiger partial charge in [0, 0.05) is 24.4 Å². The number of hydrogen-bond donors (Lipinski definition) is 1. The van der Waals surface area contributed by atoms with Crippen molar-refractivity contribution in [2.75, 3.05) is 13.2 Å². The van der Waals surface area contributed by atoms with Crippen molar-refractivity contribution < 1.29 is 9.53 Å². The number of carbonyl (C=O) groups is 1. The van der Waals surface area contributed by atoms with Crippen LogP contribution in [0.25, 0.3) is 22.3 Å². The molecule has 3 heteroatoms. The van der Waals surface area contributed by atoms with E-state index in [1.165, 1.54) is 33.4 Å². The van der Waals surface area contributed by atoms with E-state index in [4.69, 9.17) is 4.74 Å². The average Bonchev–Trinajstić information content (AvgIpc) is 3.22. The van der Waals surface area contributed by atoms with Gasteiger partial charge in [0.1, 0.15) is 6.61 Å². The van der Waals surface area contributed by atoms with Gasteiger partial charge in [0.25, 0.3) is 0 Å². The van der Waals surface area contributed by atoms with Crippen LogP contribution in [-0.2, 0) is 4.74 Å². The molecule has 34 heavy (non-hydrogen) atoms. The third-order valence-corrected chi connectivity index (χ3v) is 6.09. The summed E-state index contributed by atoms with van der Waals surface area (Å²) in [4.78, 5) is 12.2. The summed E-state index contributed by atoms with van der Waals surface area (Å²) in [6.45, 7) is 0.769. The zero-order valence-corrected chi connectivity index (χ0v) is 18.8. The molecule has 1 aliphatic rings. The molecule has 0 heterocycles. The summed E-state index contributed by atoms with van der Waals surface area (Å²) in [6.07, 6.45) is 0.154. The van der Waals surface area contributed by atoms with Crippen molar-refractivity contribution in [2.24, 2.45) is 0 Å². The van der Waals surface area contributed by atoms with Gasteiger partial charge in [-0.3, -0.25) is 0 Å². The molecule has 0 bridgehead atoms. The maximum atomic E-state index is 12.2. The van der Waals surface area contributed by atoms with Gasteiger partial charge in [0.2, 0.25) is 0 Å². The first-order chi connectivity index (χ1) is 16.8. The van der Waals surface area contributed by atoms with Crippen molar-refractivity contribution in [2.45, 2.75) is 12.3 Å². The first-order valence-corrected chi connectivity index (χ1v) is 11.5. The highest BCUT2D eigenvalue weighted by atomic mass is 16.5. The number of fused-ring (bicyclic) bond motifs is 3. The Bertz CT molecular complexity index is 1300. The average molecular weight is 444 g/mol. The minimum Gasteiger partial charge on any atom is -0.449 e. The Hall–Kier alpha value is -4.29. The lowest BCUT2D eigenvalue weighted by Gasteiger charge is -2.14. The summed E-state index contributed by atoms with van der Waals surface area (Å²) in [5.74, 6) is 6.34. The lowest BCUT2D eigenvalue weighted by atomic mass is 9.98. The molecule has 4 aromatic rings. The number of rotatable bonds is 5. The van der Waals surface area contributed by atoms with Crippen molar-refractivity contribution in [1.82, 2.24) is 5.32 Å². The van der Waals surface area contributed by atoms with Crippen molar-refractivity contribution in [3.05, 3.63) is 120 Å².